The van der Waals surface area contributed by atoms with Gasteiger partial charge in [-0.15, -0.1) is 5.10 Å². The van der Waals surface area contributed by atoms with E-state index in [1.165, 1.54) is 42.3 Å². The lowest BCUT2D eigenvalue weighted by Gasteiger charge is -2.13. The van der Waals surface area contributed by atoms with E-state index in [0.717, 1.165) is 10.2 Å². The highest BCUT2D eigenvalue weighted by atomic mass is 35.5. The molecule has 2 N–H and O–H groups in total. The fraction of sp³-hybridized carbons (Fsp3) is 0.179. The second-order valence-corrected chi connectivity index (χ2v) is 10.2. The molecule has 6 rings (SSSR count). The third-order valence-corrected chi connectivity index (χ3v) is 7.52. The number of halogens is 6. The number of hydrogen-bond acceptors (Lipinski definition) is 5. The number of aromatic nitrogens is 6. The van der Waals surface area contributed by atoms with Crippen LogP contribution in [-0.4, -0.2) is 37.8 Å². The summed E-state index contributed by atoms with van der Waals surface area (Å²) >= 11 is 6.09. The second-order valence-electron chi connectivity index (χ2n) is 9.77. The van der Waals surface area contributed by atoms with Gasteiger partial charge in [0, 0.05) is 22.1 Å². The number of nitrogens with zero attached hydrogens (tertiary/aromatic N) is 6. The summed E-state index contributed by atoms with van der Waals surface area (Å²) in [6, 6.07) is 8.05. The van der Waals surface area contributed by atoms with Gasteiger partial charge in [0.1, 0.15) is 19.0 Å². The number of fused-ring (bicyclic) bond motifs is 1. The number of aryl methyl sites for hydroxylation is 1. The largest absolute Gasteiger partial charge is 0.436 e. The number of amides is 1. The lowest BCUT2D eigenvalue weighted by atomic mass is 10.0. The van der Waals surface area contributed by atoms with E-state index in [0.29, 0.717) is 35.9 Å². The van der Waals surface area contributed by atoms with E-state index in [1.54, 1.807) is 29.2 Å². The maximum Gasteiger partial charge on any atom is 0.436 e. The lowest BCUT2D eigenvalue weighted by Crippen LogP contribution is -2.46. The molecule has 0 saturated heterocycles. The Morgan fingerprint density at radius 1 is 1.12 bits per heavy atom. The minimum absolute atomic E-state index is 0.00615. The number of rotatable bonds is 6. The molecule has 0 spiro atoms. The van der Waals surface area contributed by atoms with Gasteiger partial charge in [-0.25, -0.2) is 13.5 Å². The van der Waals surface area contributed by atoms with Crippen LogP contribution in [0.5, 0.6) is 0 Å². The number of carbonyl (C=O) groups is 1. The third kappa shape index (κ3) is 4.96. The summed E-state index contributed by atoms with van der Waals surface area (Å²) in [6.45, 7) is 0. The van der Waals surface area contributed by atoms with E-state index in [9.17, 15) is 22.4 Å². The minimum Gasteiger partial charge on any atom is -0.366 e. The fourth-order valence-electron chi connectivity index (χ4n) is 5.24. The Balaban J connectivity index is 1.40. The maximum absolute atomic E-state index is 15.5. The molecule has 0 saturated carbocycles. The zero-order valence-corrected chi connectivity index (χ0v) is 22.9. The molecule has 220 valence electrons. The summed E-state index contributed by atoms with van der Waals surface area (Å²) in [5.74, 6) is -2.48. The van der Waals surface area contributed by atoms with Crippen molar-refractivity contribution in [3.05, 3.63) is 100 Å². The minimum atomic E-state index is -4.74. The molecule has 0 radical (unpaired) electrons. The summed E-state index contributed by atoms with van der Waals surface area (Å²) in [5, 5.41) is 11.0. The topological polar surface area (TPSA) is 105 Å². The predicted octanol–water partition coefficient (Wildman–Crippen LogP) is 4.73. The van der Waals surface area contributed by atoms with Crippen molar-refractivity contribution in [1.29, 1.82) is 0 Å². The van der Waals surface area contributed by atoms with E-state index in [4.69, 9.17) is 22.2 Å². The zero-order valence-electron chi connectivity index (χ0n) is 22.1. The first-order valence-electron chi connectivity index (χ1n) is 12.7. The van der Waals surface area contributed by atoms with Crippen LogP contribution >= 0.6 is 11.6 Å². The molecule has 0 unspecified atom stereocenters. The Morgan fingerprint density at radius 3 is 2.58 bits per heavy atom. The van der Waals surface area contributed by atoms with Crippen LogP contribution in [0.2, 0.25) is 5.02 Å². The summed E-state index contributed by atoms with van der Waals surface area (Å²) in [6.07, 6.45) is 1.84. The highest BCUT2D eigenvalue weighted by molar-refractivity contribution is 6.31. The normalized spacial score (nSPS) is 14.6. The van der Waals surface area contributed by atoms with Crippen LogP contribution < -0.4 is 15.3 Å². The molecule has 0 fully saturated rings. The first-order valence-corrected chi connectivity index (χ1v) is 13.1. The molecule has 3 aromatic heterocycles. The summed E-state index contributed by atoms with van der Waals surface area (Å²) < 4.78 is 73.5. The number of pyridine rings is 1. The number of hydrogen-bond donors (Lipinski definition) is 1. The van der Waals surface area contributed by atoms with E-state index in [-0.39, 0.29) is 33.4 Å². The fourth-order valence-corrected chi connectivity index (χ4v) is 5.40. The van der Waals surface area contributed by atoms with Gasteiger partial charge < -0.3 is 5.73 Å². The standard InChI is InChI=1S/C28H19ClF5N7O2/c1-43-41-12-16(24-21(7-5-19(29)25(24)31)40-13-23(37-38-40)28(32,33)34)8-15-3-6-22(26(15)41)39-11-17(10-36-39)14-2-4-18(27(35)42)20(30)9-14/h2,4-5,7-13,22H,3,6H2,1H3,(H-,35,42)/p+1/t22-/m1/s1. The number of alkyl halides is 3. The average molecular weight is 617 g/mol. The van der Waals surface area contributed by atoms with E-state index >= 15 is 4.39 Å². The highest BCUT2D eigenvalue weighted by Crippen LogP contribution is 2.38. The molecular formula is C28H20ClF5N7O2+. The van der Waals surface area contributed by atoms with Crippen LogP contribution in [0, 0.1) is 11.6 Å². The number of carbonyl (C=O) groups excluding carboxylic acids is 1. The van der Waals surface area contributed by atoms with E-state index in [2.05, 4.69) is 15.4 Å². The zero-order chi connectivity index (χ0) is 30.6. The monoisotopic (exact) mass is 616 g/mol. The Bertz CT molecular complexity index is 1900. The van der Waals surface area contributed by atoms with Gasteiger partial charge in [0.25, 0.3) is 11.6 Å². The van der Waals surface area contributed by atoms with Crippen LogP contribution in [0.1, 0.15) is 39.8 Å². The Kier molecular flexibility index (Phi) is 6.87. The predicted molar refractivity (Wildman–Crippen MR) is 142 cm³/mol. The van der Waals surface area contributed by atoms with E-state index < -0.39 is 29.4 Å². The first-order chi connectivity index (χ1) is 20.5. The highest BCUT2D eigenvalue weighted by Gasteiger charge is 2.38. The molecule has 43 heavy (non-hydrogen) atoms. The van der Waals surface area contributed by atoms with Crippen LogP contribution in [-0.2, 0) is 12.6 Å². The van der Waals surface area contributed by atoms with Gasteiger partial charge in [0.05, 0.1) is 39.8 Å². The Labute approximate surface area is 244 Å². The molecule has 0 bridgehead atoms. The van der Waals surface area contributed by atoms with Gasteiger partial charge in [0.2, 0.25) is 6.20 Å². The van der Waals surface area contributed by atoms with Gasteiger partial charge in [-0.05, 0) is 48.7 Å². The molecule has 2 aromatic carbocycles. The van der Waals surface area contributed by atoms with Gasteiger partial charge in [0.15, 0.2) is 11.5 Å². The van der Waals surface area contributed by atoms with Crippen molar-refractivity contribution >= 4 is 17.5 Å². The quantitative estimate of drug-likeness (QED) is 0.219. The average Bonchev–Trinajstić information content (AvgIpc) is 3.73. The molecule has 15 heteroatoms. The van der Waals surface area contributed by atoms with Crippen LogP contribution in [0.25, 0.3) is 27.9 Å². The molecule has 1 amide bonds. The van der Waals surface area contributed by atoms with Crippen molar-refractivity contribution < 1.29 is 36.3 Å². The number of benzene rings is 2. The van der Waals surface area contributed by atoms with Gasteiger partial charge in [-0.3, -0.25) is 14.3 Å². The van der Waals surface area contributed by atoms with Crippen molar-refractivity contribution in [2.24, 2.45) is 5.73 Å². The molecular weight excluding hydrogens is 597 g/mol. The van der Waals surface area contributed by atoms with Crippen LogP contribution in [0.3, 0.4) is 0 Å². The lowest BCUT2D eigenvalue weighted by molar-refractivity contribution is -0.891. The molecule has 9 nitrogen and oxygen atoms in total. The molecule has 1 aliphatic rings. The summed E-state index contributed by atoms with van der Waals surface area (Å²) in [4.78, 5) is 17.0. The number of nitrogens with two attached hydrogens (primary N) is 1. The van der Waals surface area contributed by atoms with Crippen molar-refractivity contribution in [2.45, 2.75) is 25.1 Å². The smallest absolute Gasteiger partial charge is 0.366 e. The van der Waals surface area contributed by atoms with Crippen molar-refractivity contribution in [3.8, 4) is 27.9 Å². The van der Waals surface area contributed by atoms with Crippen LogP contribution in [0.15, 0.2) is 61.2 Å². The molecule has 1 atom stereocenters. The van der Waals surface area contributed by atoms with E-state index in [1.807, 2.05) is 0 Å². The molecule has 5 aromatic rings. The van der Waals surface area contributed by atoms with Crippen LogP contribution in [0.4, 0.5) is 22.0 Å². The summed E-state index contributed by atoms with van der Waals surface area (Å²) in [5.41, 5.74) is 6.50. The van der Waals surface area contributed by atoms with Gasteiger partial charge in [-0.2, -0.15) is 18.3 Å². The van der Waals surface area contributed by atoms with Crippen molar-refractivity contribution in [3.63, 3.8) is 0 Å². The molecule has 0 aliphatic heterocycles. The molecule has 3 heterocycles. The number of primary amides is 1. The molecule has 1 aliphatic carbocycles. The Hall–Kier alpha value is -4.85. The SMILES string of the molecule is CO[n+]1cc(-c2c(-n3cc(C(F)(F)F)nn3)ccc(Cl)c2F)cc2c1[C@H](n1cc(-c3ccc(C(N)=O)c(F)c3)cn1)CC2. The summed E-state index contributed by atoms with van der Waals surface area (Å²) in [7, 11) is 1.42. The Morgan fingerprint density at radius 2 is 1.91 bits per heavy atom. The third-order valence-electron chi connectivity index (χ3n) is 7.23. The first kappa shape index (κ1) is 28.3. The van der Waals surface area contributed by atoms with Crippen molar-refractivity contribution in [2.75, 3.05) is 7.11 Å². The van der Waals surface area contributed by atoms with Gasteiger partial charge in [-0.1, -0.05) is 22.9 Å². The second kappa shape index (κ2) is 10.5. The maximum atomic E-state index is 15.5. The van der Waals surface area contributed by atoms with Crippen molar-refractivity contribution in [1.82, 2.24) is 24.8 Å². The van der Waals surface area contributed by atoms with Gasteiger partial charge >= 0.3 is 6.18 Å².